The van der Waals surface area contributed by atoms with Crippen molar-refractivity contribution in [2.45, 2.75) is 37.9 Å². The fraction of sp³-hybridized carbons (Fsp3) is 1.00. The van der Waals surface area contributed by atoms with Crippen LogP contribution < -0.4 is 5.48 Å². The number of rotatable bonds is 9. The van der Waals surface area contributed by atoms with Crippen molar-refractivity contribution in [3.8, 4) is 0 Å². The second kappa shape index (κ2) is 8.90. The molecule has 2 N–H and O–H groups in total. The largest absolute Gasteiger partial charge is 0.389 e. The van der Waals surface area contributed by atoms with Gasteiger partial charge in [-0.3, -0.25) is 4.84 Å². The Bertz CT molecular complexity index is 162. The van der Waals surface area contributed by atoms with E-state index in [1.54, 1.807) is 7.11 Å². The highest BCUT2D eigenvalue weighted by Crippen LogP contribution is 2.19. The van der Waals surface area contributed by atoms with Crippen molar-refractivity contribution in [3.63, 3.8) is 0 Å². The molecule has 0 aromatic heterocycles. The minimum Gasteiger partial charge on any atom is -0.389 e. The second-order valence-electron chi connectivity index (χ2n) is 4.09. The average molecular weight is 233 g/mol. The van der Waals surface area contributed by atoms with E-state index in [0.717, 1.165) is 12.8 Å². The molecule has 16 heavy (non-hydrogen) atoms. The average Bonchev–Trinajstić information content (AvgIpc) is 2.77. The summed E-state index contributed by atoms with van der Waals surface area (Å²) >= 11 is 0. The molecule has 1 rings (SSSR count). The predicted octanol–water partition coefficient (Wildman–Crippen LogP) is 0.474. The molecule has 0 heterocycles. The zero-order valence-electron chi connectivity index (χ0n) is 9.98. The maximum Gasteiger partial charge on any atom is 0.0920 e. The maximum absolute atomic E-state index is 9.51. The van der Waals surface area contributed by atoms with Gasteiger partial charge in [0.25, 0.3) is 0 Å². The number of aliphatic hydroxyl groups is 1. The van der Waals surface area contributed by atoms with Crippen molar-refractivity contribution in [1.82, 2.24) is 5.48 Å². The normalized spacial score (nSPS) is 19.1. The molecule has 0 bridgehead atoms. The summed E-state index contributed by atoms with van der Waals surface area (Å²) in [5, 5.41) is 9.51. The van der Waals surface area contributed by atoms with Gasteiger partial charge in [0.05, 0.1) is 32.0 Å². The van der Waals surface area contributed by atoms with Gasteiger partial charge in [0, 0.05) is 13.7 Å². The van der Waals surface area contributed by atoms with Gasteiger partial charge < -0.3 is 14.6 Å². The lowest BCUT2D eigenvalue weighted by molar-refractivity contribution is -0.0523. The summed E-state index contributed by atoms with van der Waals surface area (Å²) in [6.45, 7) is 1.78. The third-order valence-corrected chi connectivity index (χ3v) is 2.61. The molecule has 1 unspecified atom stereocenters. The molecular formula is C11H23NO4. The van der Waals surface area contributed by atoms with Gasteiger partial charge in [-0.2, -0.15) is 5.48 Å². The monoisotopic (exact) mass is 233 g/mol. The molecule has 96 valence electrons. The van der Waals surface area contributed by atoms with Crippen LogP contribution in [0.3, 0.4) is 0 Å². The van der Waals surface area contributed by atoms with Gasteiger partial charge in [-0.1, -0.05) is 12.8 Å². The van der Waals surface area contributed by atoms with E-state index in [0.29, 0.717) is 32.5 Å². The van der Waals surface area contributed by atoms with Crippen LogP contribution >= 0.6 is 0 Å². The van der Waals surface area contributed by atoms with E-state index in [1.165, 1.54) is 12.8 Å². The summed E-state index contributed by atoms with van der Waals surface area (Å²) < 4.78 is 10.0. The first kappa shape index (κ1) is 13.9. The predicted molar refractivity (Wildman–Crippen MR) is 60.0 cm³/mol. The Labute approximate surface area is 97.0 Å². The van der Waals surface area contributed by atoms with Crippen molar-refractivity contribution in [2.75, 3.05) is 33.5 Å². The van der Waals surface area contributed by atoms with Crippen LogP contribution in [0.15, 0.2) is 0 Å². The summed E-state index contributed by atoms with van der Waals surface area (Å²) in [6, 6.07) is 0. The van der Waals surface area contributed by atoms with Gasteiger partial charge in [0.15, 0.2) is 0 Å². The van der Waals surface area contributed by atoms with Crippen molar-refractivity contribution < 1.29 is 19.4 Å². The van der Waals surface area contributed by atoms with Crippen molar-refractivity contribution in [2.24, 2.45) is 0 Å². The first-order chi connectivity index (χ1) is 7.83. The molecular weight excluding hydrogens is 210 g/mol. The van der Waals surface area contributed by atoms with E-state index in [2.05, 4.69) is 5.48 Å². The molecule has 0 aliphatic heterocycles. The molecule has 0 spiro atoms. The summed E-state index contributed by atoms with van der Waals surface area (Å²) in [7, 11) is 1.62. The lowest BCUT2D eigenvalue weighted by Gasteiger charge is -2.15. The number of nitrogens with one attached hydrogen (secondary N) is 1. The first-order valence-corrected chi connectivity index (χ1v) is 5.96. The number of hydrogen-bond acceptors (Lipinski definition) is 5. The van der Waals surface area contributed by atoms with Crippen LogP contribution in [0.4, 0.5) is 0 Å². The van der Waals surface area contributed by atoms with E-state index in [9.17, 15) is 5.11 Å². The molecule has 0 saturated heterocycles. The minimum atomic E-state index is -0.529. The van der Waals surface area contributed by atoms with Crippen molar-refractivity contribution in [1.29, 1.82) is 0 Å². The molecule has 5 nitrogen and oxygen atoms in total. The standard InChI is InChI=1S/C11H23NO4/c1-14-6-7-15-9-10(13)8-12-16-11-4-2-3-5-11/h10-13H,2-9H2,1H3. The molecule has 1 atom stereocenters. The highest BCUT2D eigenvalue weighted by molar-refractivity contribution is 4.66. The number of hydroxylamine groups is 1. The third kappa shape index (κ3) is 6.40. The molecule has 1 fully saturated rings. The second-order valence-corrected chi connectivity index (χ2v) is 4.09. The molecule has 1 aliphatic carbocycles. The van der Waals surface area contributed by atoms with Crippen LogP contribution in [-0.4, -0.2) is 50.8 Å². The van der Waals surface area contributed by atoms with Crippen LogP contribution in [0.2, 0.25) is 0 Å². The number of aliphatic hydroxyl groups excluding tert-OH is 1. The Balaban J connectivity index is 1.87. The van der Waals surface area contributed by atoms with E-state index < -0.39 is 6.10 Å². The molecule has 0 amide bonds. The van der Waals surface area contributed by atoms with E-state index in [-0.39, 0.29) is 0 Å². The van der Waals surface area contributed by atoms with Crippen LogP contribution in [0.25, 0.3) is 0 Å². The molecule has 1 aliphatic rings. The number of ether oxygens (including phenoxy) is 2. The summed E-state index contributed by atoms with van der Waals surface area (Å²) in [4.78, 5) is 5.41. The zero-order valence-corrected chi connectivity index (χ0v) is 9.98. The van der Waals surface area contributed by atoms with E-state index in [4.69, 9.17) is 14.3 Å². The third-order valence-electron chi connectivity index (χ3n) is 2.61. The fourth-order valence-corrected chi connectivity index (χ4v) is 1.69. The van der Waals surface area contributed by atoms with Crippen LogP contribution in [0.1, 0.15) is 25.7 Å². The van der Waals surface area contributed by atoms with Gasteiger partial charge in [-0.05, 0) is 12.8 Å². The van der Waals surface area contributed by atoms with Crippen LogP contribution in [0.5, 0.6) is 0 Å². The lowest BCUT2D eigenvalue weighted by atomic mass is 10.3. The van der Waals surface area contributed by atoms with Gasteiger partial charge in [0.2, 0.25) is 0 Å². The minimum absolute atomic E-state index is 0.310. The van der Waals surface area contributed by atoms with Gasteiger partial charge in [-0.15, -0.1) is 0 Å². The highest BCUT2D eigenvalue weighted by atomic mass is 16.7. The van der Waals surface area contributed by atoms with Crippen molar-refractivity contribution in [3.05, 3.63) is 0 Å². The Morgan fingerprint density at radius 1 is 1.31 bits per heavy atom. The number of hydrogen-bond donors (Lipinski definition) is 2. The Kier molecular flexibility index (Phi) is 7.71. The SMILES string of the molecule is COCCOCC(O)CNOC1CCCC1. The maximum atomic E-state index is 9.51. The Hall–Kier alpha value is -0.200. The fourth-order valence-electron chi connectivity index (χ4n) is 1.69. The Morgan fingerprint density at radius 3 is 2.75 bits per heavy atom. The molecule has 0 aromatic rings. The summed E-state index contributed by atoms with van der Waals surface area (Å²) in [5.74, 6) is 0. The van der Waals surface area contributed by atoms with Gasteiger partial charge >= 0.3 is 0 Å². The first-order valence-electron chi connectivity index (χ1n) is 5.96. The lowest BCUT2D eigenvalue weighted by Crippen LogP contribution is -2.33. The quantitative estimate of drug-likeness (QED) is 0.448. The summed E-state index contributed by atoms with van der Waals surface area (Å²) in [5.41, 5.74) is 2.81. The topological polar surface area (TPSA) is 60.0 Å². The molecule has 1 saturated carbocycles. The Morgan fingerprint density at radius 2 is 2.06 bits per heavy atom. The van der Waals surface area contributed by atoms with E-state index in [1.807, 2.05) is 0 Å². The van der Waals surface area contributed by atoms with E-state index >= 15 is 0 Å². The highest BCUT2D eigenvalue weighted by Gasteiger charge is 2.15. The summed E-state index contributed by atoms with van der Waals surface area (Å²) in [6.07, 6.45) is 4.52. The smallest absolute Gasteiger partial charge is 0.0920 e. The number of methoxy groups -OCH3 is 1. The molecule has 5 heteroatoms. The van der Waals surface area contributed by atoms with Crippen molar-refractivity contribution >= 4 is 0 Å². The molecule has 0 radical (unpaired) electrons. The zero-order chi connectivity index (χ0) is 11.6. The van der Waals surface area contributed by atoms with Gasteiger partial charge in [0.1, 0.15) is 0 Å². The van der Waals surface area contributed by atoms with Crippen LogP contribution in [0, 0.1) is 0 Å². The van der Waals surface area contributed by atoms with Gasteiger partial charge in [-0.25, -0.2) is 0 Å². The molecule has 0 aromatic carbocycles. The van der Waals surface area contributed by atoms with Crippen LogP contribution in [-0.2, 0) is 14.3 Å².